The number of anilines is 4. The average molecular weight is 1110 g/mol. The Morgan fingerprint density at radius 3 is 1.52 bits per heavy atom. The van der Waals surface area contributed by atoms with E-state index in [0.717, 1.165) is 74.0 Å². The molecule has 8 aromatic heterocycles. The fraction of sp³-hybridized carbons (Fsp3) is 0.276. The molecule has 2 fully saturated rings. The van der Waals surface area contributed by atoms with Crippen LogP contribution < -0.4 is 42.2 Å². The van der Waals surface area contributed by atoms with Crippen LogP contribution in [0.25, 0.3) is 39.8 Å². The number of allylic oxidation sites excluding steroid dienone is 1. The Bertz CT molecular complexity index is 3600. The summed E-state index contributed by atoms with van der Waals surface area (Å²) in [5.74, 6) is 1.57. The topological polar surface area (TPSA) is 318 Å². The van der Waals surface area contributed by atoms with Gasteiger partial charge in [0.2, 0.25) is 11.9 Å². The second-order valence-corrected chi connectivity index (χ2v) is 19.6. The molecule has 24 nitrogen and oxygen atoms in total. The predicted octanol–water partition coefficient (Wildman–Crippen LogP) is 8.32. The first-order valence-electron chi connectivity index (χ1n) is 26.4. The lowest BCUT2D eigenvalue weighted by atomic mass is 10.0. The predicted molar refractivity (Wildman–Crippen MR) is 305 cm³/mol. The normalized spacial score (nSPS) is 13.5. The Balaban J connectivity index is 0.000000198. The van der Waals surface area contributed by atoms with E-state index in [-0.39, 0.29) is 53.7 Å². The van der Waals surface area contributed by atoms with Gasteiger partial charge in [0.1, 0.15) is 47.6 Å². The summed E-state index contributed by atoms with van der Waals surface area (Å²) in [6.45, 7) is 11.3. The molecule has 24 heteroatoms. The highest BCUT2D eigenvalue weighted by molar-refractivity contribution is 5.99. The number of hydrogen-bond donors (Lipinski definition) is 6. The summed E-state index contributed by atoms with van der Waals surface area (Å²) in [5, 5.41) is 24.8. The summed E-state index contributed by atoms with van der Waals surface area (Å²) < 4.78 is 15.0. The summed E-state index contributed by atoms with van der Waals surface area (Å²) in [5.41, 5.74) is 8.78. The number of aromatic nitrogens is 11. The number of aryl methyl sites for hydroxylation is 2. The second-order valence-electron chi connectivity index (χ2n) is 19.6. The van der Waals surface area contributed by atoms with Gasteiger partial charge in [0.25, 0.3) is 22.9 Å². The number of nitrogens with one attached hydrogen (secondary N) is 4. The third-order valence-corrected chi connectivity index (χ3v) is 13.9. The van der Waals surface area contributed by atoms with Crippen LogP contribution in [0.2, 0.25) is 0 Å². The van der Waals surface area contributed by atoms with Crippen LogP contribution in [-0.2, 0) is 22.8 Å². The number of nitrogens with zero attached hydrogens (tertiary/aromatic N) is 11. The van der Waals surface area contributed by atoms with Gasteiger partial charge in [0.05, 0.1) is 23.7 Å². The van der Waals surface area contributed by atoms with E-state index in [9.17, 15) is 24.0 Å². The monoisotopic (exact) mass is 1110 g/mol. The number of Topliss-reactive ketones (excluding diaryl/α,β-unsaturated/α-hetero) is 1. The van der Waals surface area contributed by atoms with Gasteiger partial charge >= 0.3 is 0 Å². The smallest absolute Gasteiger partial charge is 0.267 e. The molecule has 2 saturated carbocycles. The van der Waals surface area contributed by atoms with E-state index in [1.54, 1.807) is 72.7 Å². The number of fused-ring (bicyclic) bond motifs is 2. The van der Waals surface area contributed by atoms with Crippen LogP contribution in [0.5, 0.6) is 11.5 Å². The molecule has 82 heavy (non-hydrogen) atoms. The van der Waals surface area contributed by atoms with E-state index in [0.29, 0.717) is 79.5 Å². The van der Waals surface area contributed by atoms with E-state index in [2.05, 4.69) is 57.1 Å². The summed E-state index contributed by atoms with van der Waals surface area (Å²) in [4.78, 5) is 101. The van der Waals surface area contributed by atoms with Crippen molar-refractivity contribution in [3.8, 4) is 11.5 Å². The quantitative estimate of drug-likeness (QED) is 0.0203. The number of ether oxygens (including phenoxy) is 2. The molecule has 0 bridgehead atoms. The van der Waals surface area contributed by atoms with E-state index in [1.807, 2.05) is 18.4 Å². The summed E-state index contributed by atoms with van der Waals surface area (Å²) in [6, 6.07) is 10.6. The van der Waals surface area contributed by atoms with Gasteiger partial charge in [0.15, 0.2) is 11.6 Å². The Labute approximate surface area is 469 Å². The molecule has 6 N–H and O–H groups in total. The maximum atomic E-state index is 13.6. The highest BCUT2D eigenvalue weighted by Crippen LogP contribution is 2.34. The largest absolute Gasteiger partial charge is 0.486 e. The zero-order chi connectivity index (χ0) is 57.9. The minimum absolute atomic E-state index is 0.00887. The highest BCUT2D eigenvalue weighted by Gasteiger charge is 2.27. The number of carbonyl (C=O) groups excluding carboxylic acids is 3. The van der Waals surface area contributed by atoms with Crippen LogP contribution in [0, 0.1) is 13.8 Å². The average Bonchev–Trinajstić information content (AvgIpc) is 3.67. The number of carbonyl (C=O) groups is 3. The Morgan fingerprint density at radius 1 is 0.598 bits per heavy atom. The molecule has 8 heterocycles. The summed E-state index contributed by atoms with van der Waals surface area (Å²) in [6.07, 6.45) is 24.4. The van der Waals surface area contributed by atoms with Gasteiger partial charge in [-0.3, -0.25) is 48.5 Å². The van der Waals surface area contributed by atoms with Crippen LogP contribution in [0.3, 0.4) is 0 Å². The van der Waals surface area contributed by atoms with E-state index in [4.69, 9.17) is 24.9 Å². The Hall–Kier alpha value is -9.94. The first-order chi connectivity index (χ1) is 39.7. The molecule has 0 saturated heterocycles. The molecular formula is C58H59N15O9. The lowest BCUT2D eigenvalue weighted by Crippen LogP contribution is -2.30. The number of ketones is 1. The Kier molecular flexibility index (Phi) is 17.9. The molecule has 10 rings (SSSR count). The fourth-order valence-electron chi connectivity index (χ4n) is 9.88. The SMILES string of the molecule is C=C(C)c1c(C)c2cnc(Nc3ccc(OCc4ccc(/C=C/C(=O)NO)cn4)cn3)nc2n(C2CCCC2)c1=O.CC(=O)c1c(C)c2cnc(Nc3ccc(OCc4ncc(/C=C/C(=O)NO)cn4)cn3)nc2n(C2CCCC2)c1=O. The van der Waals surface area contributed by atoms with E-state index in [1.165, 1.54) is 54.7 Å². The molecule has 420 valence electrons. The van der Waals surface area contributed by atoms with Crippen molar-refractivity contribution in [2.75, 3.05) is 10.6 Å². The fourth-order valence-corrected chi connectivity index (χ4v) is 9.88. The molecule has 2 aliphatic rings. The number of rotatable bonds is 18. The van der Waals surface area contributed by atoms with E-state index < -0.39 is 11.8 Å². The van der Waals surface area contributed by atoms with Gasteiger partial charge in [-0.25, -0.2) is 40.9 Å². The molecule has 0 spiro atoms. The minimum atomic E-state index is -0.655. The maximum absolute atomic E-state index is 13.6. The first kappa shape index (κ1) is 56.8. The van der Waals surface area contributed by atoms with Crippen LogP contribution in [0.15, 0.2) is 108 Å². The molecule has 0 aromatic carbocycles. The van der Waals surface area contributed by atoms with Crippen molar-refractivity contribution in [2.45, 2.75) is 104 Å². The standard InChI is InChI=1S/C30H31N7O4.C28H28N8O5/c1-18(2)27-19(3)24-16-33-30(35-28(24)37(29(27)39)22-6-4-5-7-22)34-25-12-11-23(15-32-25)41-17-21-10-8-20(14-31-21)9-13-26(38)36-40;1-16-21-14-32-28(34-26(21)36(19-5-3-4-6-19)27(39)25(16)17(2)37)33-22-9-8-20(13-31-22)41-15-23-29-11-18(12-30-23)7-10-24(38)35-40/h8-16,22,40H,1,4-7,17H2,2-3H3,(H,36,38)(H,32,33,34,35);7-14,19,40H,3-6,15H2,1-2H3,(H,35,38)(H,31,32,33,34)/b13-9+;10-7+. The van der Waals surface area contributed by atoms with Crippen LogP contribution in [0.1, 0.15) is 127 Å². The van der Waals surface area contributed by atoms with Crippen LogP contribution >= 0.6 is 0 Å². The van der Waals surface area contributed by atoms with Crippen molar-refractivity contribution in [1.82, 2.24) is 65.0 Å². The molecule has 8 aromatic rings. The third kappa shape index (κ3) is 13.4. The summed E-state index contributed by atoms with van der Waals surface area (Å²) in [7, 11) is 0. The van der Waals surface area contributed by atoms with Crippen LogP contribution in [0.4, 0.5) is 23.5 Å². The zero-order valence-electron chi connectivity index (χ0n) is 45.4. The molecule has 2 aliphatic carbocycles. The Morgan fingerprint density at radius 2 is 1.07 bits per heavy atom. The second kappa shape index (κ2) is 25.9. The van der Waals surface area contributed by atoms with Crippen LogP contribution in [-0.4, -0.2) is 82.0 Å². The van der Waals surface area contributed by atoms with Gasteiger partial charge in [-0.05, 0) is 118 Å². The highest BCUT2D eigenvalue weighted by atomic mass is 16.5. The van der Waals surface area contributed by atoms with Gasteiger partial charge in [0, 0.05) is 77.1 Å². The third-order valence-electron chi connectivity index (χ3n) is 13.9. The number of hydroxylamine groups is 2. The number of pyridine rings is 5. The van der Waals surface area contributed by atoms with Crippen molar-refractivity contribution in [3.63, 3.8) is 0 Å². The number of amides is 2. The van der Waals surface area contributed by atoms with Gasteiger partial charge in [-0.2, -0.15) is 9.97 Å². The number of hydrogen-bond acceptors (Lipinski definition) is 20. The molecule has 0 aliphatic heterocycles. The zero-order valence-corrected chi connectivity index (χ0v) is 45.4. The molecular weight excluding hydrogens is 1050 g/mol. The van der Waals surface area contributed by atoms with Crippen molar-refractivity contribution in [2.24, 2.45) is 0 Å². The minimum Gasteiger partial charge on any atom is -0.486 e. The molecule has 2 amide bonds. The lowest BCUT2D eigenvalue weighted by molar-refractivity contribution is -0.124. The van der Waals surface area contributed by atoms with Gasteiger partial charge in [-0.15, -0.1) is 0 Å². The maximum Gasteiger partial charge on any atom is 0.267 e. The molecule has 0 unspecified atom stereocenters. The van der Waals surface area contributed by atoms with Crippen molar-refractivity contribution in [3.05, 3.63) is 164 Å². The first-order valence-corrected chi connectivity index (χ1v) is 26.4. The lowest BCUT2D eigenvalue weighted by Gasteiger charge is -2.20. The van der Waals surface area contributed by atoms with E-state index >= 15 is 0 Å². The van der Waals surface area contributed by atoms with Crippen molar-refractivity contribution in [1.29, 1.82) is 0 Å². The molecule has 0 radical (unpaired) electrons. The van der Waals surface area contributed by atoms with Gasteiger partial charge in [-0.1, -0.05) is 38.3 Å². The molecule has 0 atom stereocenters. The van der Waals surface area contributed by atoms with Crippen molar-refractivity contribution < 1.29 is 34.3 Å². The van der Waals surface area contributed by atoms with Crippen molar-refractivity contribution >= 4 is 80.9 Å². The van der Waals surface area contributed by atoms with Gasteiger partial charge < -0.3 is 20.1 Å². The summed E-state index contributed by atoms with van der Waals surface area (Å²) >= 11 is 0.